The number of nitrogens with zero attached hydrogens (tertiary/aromatic N) is 1. The Morgan fingerprint density at radius 2 is 1.91 bits per heavy atom. The minimum absolute atomic E-state index is 0. The number of aryl methyl sites for hydroxylation is 1. The highest BCUT2D eigenvalue weighted by Gasteiger charge is 2.17. The van der Waals surface area contributed by atoms with Crippen molar-refractivity contribution in [2.24, 2.45) is 0 Å². The smallest absolute Gasteiger partial charge is 0.240 e. The molecule has 6 nitrogen and oxygen atoms in total. The average Bonchev–Trinajstić information content (AvgIpc) is 2.47. The summed E-state index contributed by atoms with van der Waals surface area (Å²) in [6, 6.07) is 4.98. The van der Waals surface area contributed by atoms with E-state index in [1.54, 1.807) is 32.2 Å². The van der Waals surface area contributed by atoms with E-state index >= 15 is 0 Å². The van der Waals surface area contributed by atoms with Gasteiger partial charge in [-0.1, -0.05) is 0 Å². The normalized spacial score (nSPS) is 15.4. The van der Waals surface area contributed by atoms with Gasteiger partial charge >= 0.3 is 0 Å². The first kappa shape index (κ1) is 22.4. The van der Waals surface area contributed by atoms with Gasteiger partial charge in [0, 0.05) is 39.3 Å². The standard InChI is InChI=1S/C14H23N3O3S.2ClH/c1-12-11-13(20-2)3-4-14(12)21(18,19)16-7-10-17-8-5-15-6-9-17;;/h3-4,11,15-16H,5-10H2,1-2H3;2*1H. The number of piperazine rings is 1. The second kappa shape index (κ2) is 10.3. The van der Waals surface area contributed by atoms with Crippen LogP contribution in [0.5, 0.6) is 5.75 Å². The van der Waals surface area contributed by atoms with E-state index in [9.17, 15) is 8.42 Å². The summed E-state index contributed by atoms with van der Waals surface area (Å²) in [6.45, 7) is 6.78. The number of methoxy groups -OCH3 is 1. The van der Waals surface area contributed by atoms with E-state index < -0.39 is 10.0 Å². The molecule has 0 bridgehead atoms. The molecule has 0 radical (unpaired) electrons. The van der Waals surface area contributed by atoms with E-state index in [2.05, 4.69) is 14.9 Å². The van der Waals surface area contributed by atoms with Crippen LogP contribution in [0.25, 0.3) is 0 Å². The van der Waals surface area contributed by atoms with E-state index in [1.165, 1.54) is 0 Å². The number of halogens is 2. The summed E-state index contributed by atoms with van der Waals surface area (Å²) in [5, 5.41) is 3.27. The SMILES string of the molecule is COc1ccc(S(=O)(=O)NCCN2CCNCC2)c(C)c1.Cl.Cl. The van der Waals surface area contributed by atoms with Crippen molar-refractivity contribution in [1.29, 1.82) is 0 Å². The average molecular weight is 386 g/mol. The van der Waals surface area contributed by atoms with Crippen molar-refractivity contribution in [2.75, 3.05) is 46.4 Å². The zero-order chi connectivity index (χ0) is 15.3. The number of benzene rings is 1. The van der Waals surface area contributed by atoms with Crippen LogP contribution in [0, 0.1) is 6.92 Å². The van der Waals surface area contributed by atoms with Gasteiger partial charge in [-0.05, 0) is 30.7 Å². The second-order valence-corrected chi connectivity index (χ2v) is 6.86. The molecule has 0 aliphatic carbocycles. The Bertz CT molecular complexity index is 579. The molecule has 134 valence electrons. The molecule has 1 aromatic carbocycles. The molecule has 0 aromatic heterocycles. The Balaban J connectivity index is 0.00000242. The maximum absolute atomic E-state index is 12.3. The third kappa shape index (κ3) is 6.45. The van der Waals surface area contributed by atoms with Crippen LogP contribution in [0.3, 0.4) is 0 Å². The highest BCUT2D eigenvalue weighted by atomic mass is 35.5. The van der Waals surface area contributed by atoms with Crippen LogP contribution in [0.1, 0.15) is 5.56 Å². The molecule has 1 aromatic rings. The van der Waals surface area contributed by atoms with Gasteiger partial charge in [0.15, 0.2) is 0 Å². The van der Waals surface area contributed by atoms with Crippen LogP contribution >= 0.6 is 24.8 Å². The van der Waals surface area contributed by atoms with Crippen molar-refractivity contribution in [3.8, 4) is 5.75 Å². The maximum atomic E-state index is 12.3. The van der Waals surface area contributed by atoms with E-state index in [0.717, 1.165) is 32.7 Å². The number of nitrogens with one attached hydrogen (secondary N) is 2. The quantitative estimate of drug-likeness (QED) is 0.764. The van der Waals surface area contributed by atoms with Crippen molar-refractivity contribution in [1.82, 2.24) is 14.9 Å². The predicted octanol–water partition coefficient (Wildman–Crippen LogP) is 1.03. The molecular formula is C14H25Cl2N3O3S. The largest absolute Gasteiger partial charge is 0.497 e. The van der Waals surface area contributed by atoms with Gasteiger partial charge in [-0.25, -0.2) is 13.1 Å². The summed E-state index contributed by atoms with van der Waals surface area (Å²) in [5.74, 6) is 0.660. The molecule has 23 heavy (non-hydrogen) atoms. The summed E-state index contributed by atoms with van der Waals surface area (Å²) in [4.78, 5) is 2.56. The molecule has 1 aliphatic heterocycles. The molecule has 2 N–H and O–H groups in total. The third-order valence-electron chi connectivity index (χ3n) is 3.60. The summed E-state index contributed by atoms with van der Waals surface area (Å²) in [5.41, 5.74) is 0.684. The Kier molecular flexibility index (Phi) is 10.1. The summed E-state index contributed by atoms with van der Waals surface area (Å²) in [7, 11) is -1.90. The lowest BCUT2D eigenvalue weighted by molar-refractivity contribution is 0.245. The molecule has 1 heterocycles. The Labute approximate surface area is 150 Å². The van der Waals surface area contributed by atoms with E-state index in [-0.39, 0.29) is 24.8 Å². The molecular weight excluding hydrogens is 361 g/mol. The molecule has 1 fully saturated rings. The van der Waals surface area contributed by atoms with Crippen molar-refractivity contribution in [3.05, 3.63) is 23.8 Å². The summed E-state index contributed by atoms with van der Waals surface area (Å²) >= 11 is 0. The van der Waals surface area contributed by atoms with Gasteiger partial charge in [0.1, 0.15) is 5.75 Å². The second-order valence-electron chi connectivity index (χ2n) is 5.12. The molecule has 0 spiro atoms. The minimum Gasteiger partial charge on any atom is -0.497 e. The molecule has 0 amide bonds. The number of sulfonamides is 1. The van der Waals surface area contributed by atoms with Crippen LogP contribution in [-0.2, 0) is 10.0 Å². The van der Waals surface area contributed by atoms with Gasteiger partial charge in [0.25, 0.3) is 0 Å². The first-order valence-electron chi connectivity index (χ1n) is 7.10. The summed E-state index contributed by atoms with van der Waals surface area (Å²) in [6.07, 6.45) is 0. The maximum Gasteiger partial charge on any atom is 0.240 e. The molecule has 1 saturated heterocycles. The van der Waals surface area contributed by atoms with Crippen LogP contribution in [0.15, 0.2) is 23.1 Å². The highest BCUT2D eigenvalue weighted by molar-refractivity contribution is 7.89. The Hall–Kier alpha value is -0.570. The number of hydrogen-bond donors (Lipinski definition) is 2. The molecule has 2 rings (SSSR count). The summed E-state index contributed by atoms with van der Waals surface area (Å²) < 4.78 is 32.4. The fourth-order valence-electron chi connectivity index (χ4n) is 2.40. The number of rotatable bonds is 6. The Morgan fingerprint density at radius 1 is 1.26 bits per heavy atom. The number of ether oxygens (including phenoxy) is 1. The van der Waals surface area contributed by atoms with Crippen LogP contribution in [0.2, 0.25) is 0 Å². The van der Waals surface area contributed by atoms with E-state index in [0.29, 0.717) is 22.8 Å². The van der Waals surface area contributed by atoms with Crippen LogP contribution in [0.4, 0.5) is 0 Å². The predicted molar refractivity (Wildman–Crippen MR) is 96.7 cm³/mol. The molecule has 0 atom stereocenters. The lowest BCUT2D eigenvalue weighted by Crippen LogP contribution is -2.46. The van der Waals surface area contributed by atoms with Gasteiger partial charge in [0.05, 0.1) is 12.0 Å². The molecule has 1 aliphatic rings. The topological polar surface area (TPSA) is 70.7 Å². The van der Waals surface area contributed by atoms with E-state index in [1.807, 2.05) is 0 Å². The van der Waals surface area contributed by atoms with Gasteiger partial charge < -0.3 is 10.1 Å². The van der Waals surface area contributed by atoms with Crippen LogP contribution < -0.4 is 14.8 Å². The third-order valence-corrected chi connectivity index (χ3v) is 5.22. The number of hydrogen-bond acceptors (Lipinski definition) is 5. The van der Waals surface area contributed by atoms with Crippen molar-refractivity contribution in [2.45, 2.75) is 11.8 Å². The molecule has 0 saturated carbocycles. The highest BCUT2D eigenvalue weighted by Crippen LogP contribution is 2.20. The minimum atomic E-state index is -3.46. The van der Waals surface area contributed by atoms with Crippen molar-refractivity contribution in [3.63, 3.8) is 0 Å². The van der Waals surface area contributed by atoms with Crippen LogP contribution in [-0.4, -0.2) is 59.7 Å². The lowest BCUT2D eigenvalue weighted by Gasteiger charge is -2.27. The molecule has 0 unspecified atom stereocenters. The van der Waals surface area contributed by atoms with Gasteiger partial charge in [-0.15, -0.1) is 24.8 Å². The van der Waals surface area contributed by atoms with Crippen molar-refractivity contribution < 1.29 is 13.2 Å². The van der Waals surface area contributed by atoms with Gasteiger partial charge in [-0.3, -0.25) is 4.90 Å². The lowest BCUT2D eigenvalue weighted by atomic mass is 10.2. The first-order chi connectivity index (χ1) is 10.0. The van der Waals surface area contributed by atoms with E-state index in [4.69, 9.17) is 4.74 Å². The zero-order valence-corrected chi connectivity index (χ0v) is 15.8. The monoisotopic (exact) mass is 385 g/mol. The van der Waals surface area contributed by atoms with Gasteiger partial charge in [0.2, 0.25) is 10.0 Å². The fraction of sp³-hybridized carbons (Fsp3) is 0.571. The fourth-order valence-corrected chi connectivity index (χ4v) is 3.65. The Morgan fingerprint density at radius 3 is 2.48 bits per heavy atom. The first-order valence-corrected chi connectivity index (χ1v) is 8.58. The molecule has 9 heteroatoms. The van der Waals surface area contributed by atoms with Crippen molar-refractivity contribution >= 4 is 34.8 Å². The van der Waals surface area contributed by atoms with Gasteiger partial charge in [-0.2, -0.15) is 0 Å². The zero-order valence-electron chi connectivity index (χ0n) is 13.4.